The maximum Gasteiger partial charge on any atom is 0.408 e. The van der Waals surface area contributed by atoms with E-state index in [2.05, 4.69) is 36.3 Å². The molecule has 1 unspecified atom stereocenters. The smallest absolute Gasteiger partial charge is 0.408 e. The number of carbonyl (C=O) groups excluding carboxylic acids is 3. The van der Waals surface area contributed by atoms with Gasteiger partial charge in [-0.3, -0.25) is 9.59 Å². The Morgan fingerprint density at radius 3 is 2.34 bits per heavy atom. The van der Waals surface area contributed by atoms with E-state index in [9.17, 15) is 19.5 Å². The highest BCUT2D eigenvalue weighted by Gasteiger charge is 2.55. The van der Waals surface area contributed by atoms with Crippen molar-refractivity contribution in [3.63, 3.8) is 0 Å². The zero-order valence-corrected chi connectivity index (χ0v) is 31.1. The van der Waals surface area contributed by atoms with Crippen LogP contribution in [0.15, 0.2) is 0 Å². The Kier molecular flexibility index (Phi) is 13.7. The predicted octanol–water partition coefficient (Wildman–Crippen LogP) is 4.33. The van der Waals surface area contributed by atoms with Gasteiger partial charge in [0.25, 0.3) is 0 Å². The molecule has 272 valence electrons. The summed E-state index contributed by atoms with van der Waals surface area (Å²) in [6, 6.07) is -0.748. The zero-order chi connectivity index (χ0) is 35.4. The van der Waals surface area contributed by atoms with E-state index in [1.165, 1.54) is 0 Å². The quantitative estimate of drug-likeness (QED) is 0.254. The van der Waals surface area contributed by atoms with Crippen LogP contribution < -0.4 is 10.6 Å². The lowest BCUT2D eigenvalue weighted by atomic mass is 9.69. The van der Waals surface area contributed by atoms with Crippen LogP contribution in [0.1, 0.15) is 101 Å². The first-order chi connectivity index (χ1) is 21.9. The fraction of sp³-hybridized carbons (Fsp3) is 0.917. The van der Waals surface area contributed by atoms with Gasteiger partial charge in [-0.25, -0.2) is 4.79 Å². The molecule has 3 rings (SSSR count). The molecule has 0 spiro atoms. The Morgan fingerprint density at radius 1 is 1.11 bits per heavy atom. The Hall–Kier alpha value is -1.79. The van der Waals surface area contributed by atoms with Crippen LogP contribution in [0, 0.1) is 29.6 Å². The van der Waals surface area contributed by atoms with E-state index in [4.69, 9.17) is 18.9 Å². The summed E-state index contributed by atoms with van der Waals surface area (Å²) in [7, 11) is 5.65. The Balaban J connectivity index is 2.02. The Morgan fingerprint density at radius 2 is 1.77 bits per heavy atom. The second-order valence-electron chi connectivity index (χ2n) is 15.8. The van der Waals surface area contributed by atoms with Crippen LogP contribution in [-0.2, 0) is 28.5 Å². The number of ketones is 1. The van der Waals surface area contributed by atoms with Crippen molar-refractivity contribution in [2.75, 3.05) is 27.7 Å². The fourth-order valence-electron chi connectivity index (χ4n) is 8.35. The van der Waals surface area contributed by atoms with Gasteiger partial charge in [0.1, 0.15) is 17.8 Å². The van der Waals surface area contributed by atoms with Crippen LogP contribution in [0.4, 0.5) is 4.79 Å². The van der Waals surface area contributed by atoms with Gasteiger partial charge in [0.2, 0.25) is 0 Å². The second-order valence-corrected chi connectivity index (χ2v) is 15.8. The zero-order valence-electron chi connectivity index (χ0n) is 31.1. The summed E-state index contributed by atoms with van der Waals surface area (Å²) in [4.78, 5) is 42.5. The van der Waals surface area contributed by atoms with E-state index < -0.39 is 59.5 Å². The van der Waals surface area contributed by atoms with Gasteiger partial charge in [-0.1, -0.05) is 34.6 Å². The summed E-state index contributed by atoms with van der Waals surface area (Å²) in [6.07, 6.45) is 1.51. The molecule has 3 aliphatic rings. The third kappa shape index (κ3) is 9.07. The number of fused-ring (bicyclic) bond motifs is 1. The van der Waals surface area contributed by atoms with Crippen molar-refractivity contribution in [1.29, 1.82) is 0 Å². The second kappa shape index (κ2) is 16.3. The van der Waals surface area contributed by atoms with Crippen LogP contribution >= 0.6 is 0 Å². The van der Waals surface area contributed by atoms with E-state index in [1.54, 1.807) is 21.0 Å². The topological polar surface area (TPSA) is 136 Å². The lowest BCUT2D eigenvalue weighted by Gasteiger charge is -2.47. The van der Waals surface area contributed by atoms with Crippen molar-refractivity contribution in [3.05, 3.63) is 0 Å². The number of ether oxygens (including phenoxy) is 4. The van der Waals surface area contributed by atoms with Crippen LogP contribution in [0.3, 0.4) is 0 Å². The average Bonchev–Trinajstić information content (AvgIpc) is 3.33. The molecule has 3 N–H and O–H groups in total. The lowest BCUT2D eigenvalue weighted by molar-refractivity contribution is -0.177. The molecular formula is C36H65N3O8. The van der Waals surface area contributed by atoms with Gasteiger partial charge in [-0.2, -0.15) is 0 Å². The van der Waals surface area contributed by atoms with Crippen molar-refractivity contribution < 1.29 is 38.4 Å². The summed E-state index contributed by atoms with van der Waals surface area (Å²) < 4.78 is 24.8. The van der Waals surface area contributed by atoms with Gasteiger partial charge in [0.15, 0.2) is 5.60 Å². The number of likely N-dealkylation sites (N-methyl/N-ethyl adjacent to an activating group) is 1. The SMILES string of the molecule is CC[C@H]1OC(=O)C(C)C(=O)[C@H](C)[C@@H](C[C@@H]2O[C@H](CCC(C)C)C[C@H](N(C)C)[C@H]2O)[C@](C)(OC)C[C@@H](C)CN[C@H](C)[C@H]2NC(=O)O[C@@]21C. The summed E-state index contributed by atoms with van der Waals surface area (Å²) in [6.45, 7) is 18.3. The highest BCUT2D eigenvalue weighted by atomic mass is 16.6. The minimum atomic E-state index is -1.13. The number of nitrogens with zero attached hydrogens (tertiary/aromatic N) is 1. The van der Waals surface area contributed by atoms with Crippen LogP contribution in [0.5, 0.6) is 0 Å². The number of esters is 1. The molecule has 0 aliphatic carbocycles. The molecule has 0 saturated carbocycles. The van der Waals surface area contributed by atoms with Crippen molar-refractivity contribution in [3.8, 4) is 0 Å². The van der Waals surface area contributed by atoms with E-state index >= 15 is 0 Å². The highest BCUT2D eigenvalue weighted by molar-refractivity contribution is 5.99. The monoisotopic (exact) mass is 667 g/mol. The summed E-state index contributed by atoms with van der Waals surface area (Å²) >= 11 is 0. The van der Waals surface area contributed by atoms with E-state index in [1.807, 2.05) is 41.8 Å². The molecular weight excluding hydrogens is 602 g/mol. The number of methoxy groups -OCH3 is 1. The number of hydrogen-bond acceptors (Lipinski definition) is 10. The lowest BCUT2D eigenvalue weighted by Crippen LogP contribution is -2.60. The largest absolute Gasteiger partial charge is 0.458 e. The van der Waals surface area contributed by atoms with E-state index in [0.29, 0.717) is 31.7 Å². The first-order valence-corrected chi connectivity index (χ1v) is 17.9. The predicted molar refractivity (Wildman–Crippen MR) is 181 cm³/mol. The van der Waals surface area contributed by atoms with Gasteiger partial charge in [-0.15, -0.1) is 0 Å². The molecule has 0 aromatic heterocycles. The molecule has 13 atom stereocenters. The van der Waals surface area contributed by atoms with Gasteiger partial charge < -0.3 is 39.6 Å². The normalized spacial score (nSPS) is 42.7. The summed E-state index contributed by atoms with van der Waals surface area (Å²) in [5.41, 5.74) is -1.91. The number of nitrogens with one attached hydrogen (secondary N) is 2. The number of aliphatic hydroxyl groups excluding tert-OH is 1. The molecule has 11 nitrogen and oxygen atoms in total. The van der Waals surface area contributed by atoms with Crippen molar-refractivity contribution in [1.82, 2.24) is 15.5 Å². The molecule has 0 radical (unpaired) electrons. The molecule has 0 aromatic carbocycles. The number of rotatable bonds is 8. The average molecular weight is 668 g/mol. The maximum atomic E-state index is 14.3. The first kappa shape index (κ1) is 39.6. The van der Waals surface area contributed by atoms with Crippen molar-refractivity contribution in [2.24, 2.45) is 29.6 Å². The third-order valence-corrected chi connectivity index (χ3v) is 11.5. The van der Waals surface area contributed by atoms with Crippen LogP contribution in [-0.4, -0.2) is 109 Å². The minimum absolute atomic E-state index is 0.00622. The van der Waals surface area contributed by atoms with Crippen LogP contribution in [0.25, 0.3) is 0 Å². The maximum absolute atomic E-state index is 14.3. The van der Waals surface area contributed by atoms with Crippen molar-refractivity contribution >= 4 is 17.8 Å². The summed E-state index contributed by atoms with van der Waals surface area (Å²) in [5.74, 6) is -2.27. The van der Waals surface area contributed by atoms with Gasteiger partial charge in [0, 0.05) is 25.1 Å². The number of Topliss-reactive ketones (excluding diaryl/α,β-unsaturated/α-hetero) is 1. The molecule has 0 bridgehead atoms. The Bertz CT molecular complexity index is 1070. The molecule has 11 heteroatoms. The number of cyclic esters (lactones) is 1. The number of amides is 1. The van der Waals surface area contributed by atoms with E-state index in [-0.39, 0.29) is 35.8 Å². The molecule has 3 fully saturated rings. The van der Waals surface area contributed by atoms with Gasteiger partial charge >= 0.3 is 12.1 Å². The summed E-state index contributed by atoms with van der Waals surface area (Å²) in [5, 5.41) is 18.2. The molecule has 47 heavy (non-hydrogen) atoms. The van der Waals surface area contributed by atoms with E-state index in [0.717, 1.165) is 19.3 Å². The van der Waals surface area contributed by atoms with Crippen LogP contribution in [0.2, 0.25) is 0 Å². The van der Waals surface area contributed by atoms with Gasteiger partial charge in [0.05, 0.1) is 30.0 Å². The fourth-order valence-corrected chi connectivity index (χ4v) is 8.35. The number of alkyl carbamates (subject to hydrolysis) is 1. The number of aliphatic hydroxyl groups is 1. The van der Waals surface area contributed by atoms with Crippen molar-refractivity contribution in [2.45, 2.75) is 155 Å². The third-order valence-electron chi connectivity index (χ3n) is 11.5. The number of carbonyl (C=O) groups is 3. The Labute approximate surface area is 283 Å². The molecule has 3 heterocycles. The molecule has 3 aliphatic heterocycles. The molecule has 3 saturated heterocycles. The highest BCUT2D eigenvalue weighted by Crippen LogP contribution is 2.42. The molecule has 0 aromatic rings. The first-order valence-electron chi connectivity index (χ1n) is 17.9. The standard InChI is InChI=1S/C36H65N3O8/c1-13-29-36(9)32(38-34(43)47-36)24(7)37-19-21(4)18-35(8,44-12)26(22(5)30(40)23(6)33(42)46-29)17-28-31(41)27(39(10)11)16-25(45-28)15-14-20(2)3/h20-29,31-32,37,41H,13-19H2,1-12H3,(H,38,43)/t21-,22-,23?,24-,25-,26-,27+,28+,29-,31-,32-,35-,36-/m1/s1. The van der Waals surface area contributed by atoms with Gasteiger partial charge in [-0.05, 0) is 105 Å². The number of hydrogen-bond donors (Lipinski definition) is 3. The minimum Gasteiger partial charge on any atom is -0.458 e. The molecule has 1 amide bonds.